The van der Waals surface area contributed by atoms with Gasteiger partial charge in [0.05, 0.1) is 5.52 Å². The summed E-state index contributed by atoms with van der Waals surface area (Å²) < 4.78 is 15.3. The van der Waals surface area contributed by atoms with Crippen LogP contribution in [0.3, 0.4) is 0 Å². The summed E-state index contributed by atoms with van der Waals surface area (Å²) in [5.74, 6) is 1.05. The fourth-order valence-corrected chi connectivity index (χ4v) is 7.43. The molecule has 3 aromatic rings. The highest BCUT2D eigenvalue weighted by atomic mass is 19.1. The molecule has 4 nitrogen and oxygen atoms in total. The molecule has 0 spiro atoms. The van der Waals surface area contributed by atoms with E-state index < -0.39 is 0 Å². The highest BCUT2D eigenvalue weighted by Crippen LogP contribution is 2.33. The van der Waals surface area contributed by atoms with E-state index >= 15 is 4.39 Å². The first-order chi connectivity index (χ1) is 22.8. The van der Waals surface area contributed by atoms with E-state index in [4.69, 9.17) is 4.98 Å². The summed E-state index contributed by atoms with van der Waals surface area (Å²) in [5.41, 5.74) is 7.99. The molecule has 0 amide bonds. The Balaban J connectivity index is 1.17. The van der Waals surface area contributed by atoms with E-state index in [-0.39, 0.29) is 17.8 Å². The van der Waals surface area contributed by atoms with Crippen LogP contribution >= 0.6 is 0 Å². The fourth-order valence-electron chi connectivity index (χ4n) is 7.43. The summed E-state index contributed by atoms with van der Waals surface area (Å²) >= 11 is 0. The van der Waals surface area contributed by atoms with Crippen LogP contribution in [0.5, 0.6) is 0 Å². The molecule has 1 atom stereocenters. The van der Waals surface area contributed by atoms with Crippen molar-refractivity contribution in [1.82, 2.24) is 19.8 Å². The highest BCUT2D eigenvalue weighted by Gasteiger charge is 2.24. The third-order valence-electron chi connectivity index (χ3n) is 10.3. The molecule has 1 aliphatic heterocycles. The molecule has 0 aliphatic carbocycles. The van der Waals surface area contributed by atoms with Crippen LogP contribution in [0.4, 0.5) is 4.39 Å². The maximum Gasteiger partial charge on any atom is 0.127 e. The monoisotopic (exact) mass is 638 g/mol. The minimum absolute atomic E-state index is 0.0811. The zero-order chi connectivity index (χ0) is 33.8. The Morgan fingerprint density at radius 3 is 2.34 bits per heavy atom. The minimum Gasteiger partial charge on any atom is -0.303 e. The summed E-state index contributed by atoms with van der Waals surface area (Å²) in [6.45, 7) is 22.2. The molecular formula is C42H59FN4. The number of likely N-dealkylation sites (tertiary alicyclic amines) is 1. The smallest absolute Gasteiger partial charge is 0.127 e. The number of piperidine rings is 1. The summed E-state index contributed by atoms with van der Waals surface area (Å²) in [6, 6.07) is 8.71. The number of hydrogen-bond acceptors (Lipinski definition) is 4. The van der Waals surface area contributed by atoms with Gasteiger partial charge in [-0.1, -0.05) is 63.5 Å². The molecule has 1 unspecified atom stereocenters. The van der Waals surface area contributed by atoms with Crippen LogP contribution in [0.15, 0.2) is 56.2 Å². The average molecular weight is 639 g/mol. The maximum absolute atomic E-state index is 15.3. The number of rotatable bonds is 19. The van der Waals surface area contributed by atoms with Crippen molar-refractivity contribution in [3.8, 4) is 0 Å². The number of unbranched alkanes of at least 4 members (excludes halogenated alkanes) is 5. The Morgan fingerprint density at radius 1 is 0.936 bits per heavy atom. The van der Waals surface area contributed by atoms with Crippen LogP contribution in [0.25, 0.3) is 17.0 Å². The van der Waals surface area contributed by atoms with Crippen LogP contribution in [-0.2, 0) is 19.4 Å². The van der Waals surface area contributed by atoms with Gasteiger partial charge in [0.25, 0.3) is 0 Å². The topological polar surface area (TPSA) is 32.3 Å². The van der Waals surface area contributed by atoms with Gasteiger partial charge in [-0.2, -0.15) is 0 Å². The van der Waals surface area contributed by atoms with Crippen LogP contribution in [0.2, 0.25) is 0 Å². The van der Waals surface area contributed by atoms with E-state index in [0.717, 1.165) is 98.4 Å². The molecule has 0 bridgehead atoms. The van der Waals surface area contributed by atoms with Gasteiger partial charge >= 0.3 is 0 Å². The Bertz CT molecular complexity index is 1490. The lowest BCUT2D eigenvalue weighted by atomic mass is 9.86. The number of fused-ring (bicyclic) bond motifs is 1. The second kappa shape index (κ2) is 18.4. The number of allylic oxidation sites excluding steroid dienone is 1. The number of likely N-dealkylation sites (N-methyl/N-ethyl adjacent to an activating group) is 1. The molecule has 1 saturated heterocycles. The molecule has 5 heteroatoms. The Morgan fingerprint density at radius 2 is 1.66 bits per heavy atom. The number of halogens is 1. The Labute approximate surface area is 284 Å². The molecule has 2 heterocycles. The van der Waals surface area contributed by atoms with E-state index in [0.29, 0.717) is 0 Å². The molecule has 0 saturated carbocycles. The lowest BCUT2D eigenvalue weighted by Crippen LogP contribution is -2.34. The van der Waals surface area contributed by atoms with Crippen molar-refractivity contribution in [2.75, 3.05) is 26.7 Å². The predicted octanol–water partition coefficient (Wildman–Crippen LogP) is 10.3. The number of aryl methyl sites for hydroxylation is 4. The van der Waals surface area contributed by atoms with Crippen molar-refractivity contribution < 1.29 is 4.39 Å². The van der Waals surface area contributed by atoms with Gasteiger partial charge in [-0.05, 0) is 144 Å². The van der Waals surface area contributed by atoms with E-state index in [1.165, 1.54) is 55.0 Å². The van der Waals surface area contributed by atoms with Gasteiger partial charge in [-0.3, -0.25) is 4.90 Å². The largest absolute Gasteiger partial charge is 0.303 e. The van der Waals surface area contributed by atoms with Gasteiger partial charge in [0.15, 0.2) is 0 Å². The van der Waals surface area contributed by atoms with Gasteiger partial charge in [0.2, 0.25) is 0 Å². The minimum atomic E-state index is -0.0811. The third kappa shape index (κ3) is 10.2. The van der Waals surface area contributed by atoms with E-state index in [9.17, 15) is 0 Å². The lowest BCUT2D eigenvalue weighted by molar-refractivity contribution is 0.206. The SMILES string of the molecule is C=CCCC(C=C)N(C)Cc1cc(C2CCN(CCCCCCCCc3cc4nc(C)nc(C)c4cc3CC)CC2)c(F)cc1C=C. The summed E-state index contributed by atoms with van der Waals surface area (Å²) in [4.78, 5) is 14.2. The quantitative estimate of drug-likeness (QED) is 0.0966. The lowest BCUT2D eigenvalue weighted by Gasteiger charge is -2.33. The normalized spacial score (nSPS) is 14.9. The van der Waals surface area contributed by atoms with Crippen LogP contribution in [0, 0.1) is 19.7 Å². The molecule has 4 rings (SSSR count). The molecular weight excluding hydrogens is 579 g/mol. The number of nitrogens with zero attached hydrogens (tertiary/aromatic N) is 4. The van der Waals surface area contributed by atoms with E-state index in [1.54, 1.807) is 12.1 Å². The van der Waals surface area contributed by atoms with Gasteiger partial charge < -0.3 is 4.90 Å². The van der Waals surface area contributed by atoms with Gasteiger partial charge in [-0.15, -0.1) is 13.2 Å². The van der Waals surface area contributed by atoms with Crippen molar-refractivity contribution in [2.24, 2.45) is 0 Å². The summed E-state index contributed by atoms with van der Waals surface area (Å²) in [7, 11) is 2.12. The third-order valence-corrected chi connectivity index (χ3v) is 10.3. The molecule has 1 fully saturated rings. The first-order valence-electron chi connectivity index (χ1n) is 18.1. The van der Waals surface area contributed by atoms with Crippen molar-refractivity contribution >= 4 is 17.0 Å². The second-order valence-corrected chi connectivity index (χ2v) is 13.7. The van der Waals surface area contributed by atoms with E-state index in [2.05, 4.69) is 73.6 Å². The molecule has 1 aliphatic rings. The van der Waals surface area contributed by atoms with Gasteiger partial charge in [0, 0.05) is 23.7 Å². The molecule has 1 aromatic heterocycles. The van der Waals surface area contributed by atoms with Crippen molar-refractivity contribution in [2.45, 2.75) is 116 Å². The van der Waals surface area contributed by atoms with Crippen molar-refractivity contribution in [3.05, 3.63) is 101 Å². The first kappa shape index (κ1) is 36.7. The van der Waals surface area contributed by atoms with Crippen LogP contribution < -0.4 is 0 Å². The highest BCUT2D eigenvalue weighted by molar-refractivity contribution is 5.82. The molecule has 0 radical (unpaired) electrons. The van der Waals surface area contributed by atoms with Crippen molar-refractivity contribution in [3.63, 3.8) is 0 Å². The van der Waals surface area contributed by atoms with Gasteiger partial charge in [-0.25, -0.2) is 14.4 Å². The zero-order valence-electron chi connectivity index (χ0n) is 29.8. The van der Waals surface area contributed by atoms with Gasteiger partial charge in [0.1, 0.15) is 11.6 Å². The fraction of sp³-hybridized carbons (Fsp3) is 0.524. The van der Waals surface area contributed by atoms with Crippen LogP contribution in [-0.4, -0.2) is 52.5 Å². The molecule has 47 heavy (non-hydrogen) atoms. The Kier molecular flexibility index (Phi) is 14.4. The Hall–Kier alpha value is -3.15. The zero-order valence-corrected chi connectivity index (χ0v) is 29.8. The molecule has 254 valence electrons. The average Bonchev–Trinajstić information content (AvgIpc) is 3.06. The molecule has 0 N–H and O–H groups in total. The predicted molar refractivity (Wildman–Crippen MR) is 200 cm³/mol. The summed E-state index contributed by atoms with van der Waals surface area (Å²) in [5, 5.41) is 1.19. The van der Waals surface area contributed by atoms with Crippen molar-refractivity contribution in [1.29, 1.82) is 0 Å². The maximum atomic E-state index is 15.3. The number of benzene rings is 2. The molecule has 2 aromatic carbocycles. The first-order valence-corrected chi connectivity index (χ1v) is 18.1. The second-order valence-electron chi connectivity index (χ2n) is 13.7. The van der Waals surface area contributed by atoms with E-state index in [1.807, 2.05) is 19.1 Å². The standard InChI is InChI=1S/C42H59FN4/c1-8-12-20-38(11-4)46(7)30-37-27-40(41(43)28-34(37)10-3)35-21-24-47(25-22-35)23-18-16-14-13-15-17-19-36-29-42-39(26-33(36)9-2)31(5)44-32(6)45-42/h8,10-11,26-29,35,38H,1,3-4,9,12-25,30H2,2,5-7H3. The number of hydrogen-bond donors (Lipinski definition) is 0. The summed E-state index contributed by atoms with van der Waals surface area (Å²) in [6.07, 6.45) is 19.6. The number of aromatic nitrogens is 2. The van der Waals surface area contributed by atoms with Crippen LogP contribution in [0.1, 0.15) is 116 Å².